The van der Waals surface area contributed by atoms with Gasteiger partial charge in [-0.1, -0.05) is 23.2 Å². The molecule has 1 aromatic heterocycles. The Labute approximate surface area is 118 Å². The number of halogens is 2. The Morgan fingerprint density at radius 3 is 2.26 bits per heavy atom. The Morgan fingerprint density at radius 1 is 1.16 bits per heavy atom. The number of hydrogen-bond acceptors (Lipinski definition) is 4. The Morgan fingerprint density at radius 2 is 1.74 bits per heavy atom. The quantitative estimate of drug-likeness (QED) is 0.852. The van der Waals surface area contributed by atoms with E-state index in [1.165, 1.54) is 18.3 Å². The number of rotatable bonds is 2. The third-order valence-electron chi connectivity index (χ3n) is 2.26. The highest BCUT2D eigenvalue weighted by Crippen LogP contribution is 2.17. The maximum atomic E-state index is 11.8. The first-order valence-electron chi connectivity index (χ1n) is 4.82. The highest BCUT2D eigenvalue weighted by atomic mass is 35.5. The van der Waals surface area contributed by atoms with Crippen molar-refractivity contribution in [1.29, 1.82) is 0 Å². The van der Waals surface area contributed by atoms with Crippen LogP contribution in [0.1, 0.15) is 0 Å². The molecule has 0 aliphatic heterocycles. The average molecular weight is 321 g/mol. The lowest BCUT2D eigenvalue weighted by atomic mass is 10.3. The number of nitrogens with zero attached hydrogens (tertiary/aromatic N) is 2. The average Bonchev–Trinajstić information content (AvgIpc) is 2.35. The van der Waals surface area contributed by atoms with Crippen molar-refractivity contribution in [3.05, 3.63) is 50.9 Å². The fourth-order valence-corrected chi connectivity index (χ4v) is 2.09. The molecule has 100 valence electrons. The van der Waals surface area contributed by atoms with Crippen LogP contribution in [0, 0.1) is 0 Å². The van der Waals surface area contributed by atoms with Crippen LogP contribution in [-0.4, -0.2) is 22.8 Å². The Balaban J connectivity index is 2.56. The molecule has 0 aliphatic rings. The molecule has 1 N–H and O–H groups in total. The molecule has 1 aromatic carbocycles. The van der Waals surface area contributed by atoms with Gasteiger partial charge in [0.2, 0.25) is 0 Å². The first kappa shape index (κ1) is 14.0. The maximum absolute atomic E-state index is 11.8. The van der Waals surface area contributed by atoms with E-state index in [2.05, 4.69) is 5.10 Å². The maximum Gasteiger partial charge on any atom is 0.294 e. The largest absolute Gasteiger partial charge is 0.294 e. The fraction of sp³-hybridized carbons (Fsp3) is 0. The standard InChI is InChI=1S/C10H6Cl2N2O4S/c11-8-5-13-14(10(15)9(8)12)6-1-3-7(4-2-6)19(16,17)18/h1-5H,(H,16,17,18). The van der Waals surface area contributed by atoms with Crippen molar-refractivity contribution < 1.29 is 13.0 Å². The van der Waals surface area contributed by atoms with Gasteiger partial charge in [-0.2, -0.15) is 18.2 Å². The van der Waals surface area contributed by atoms with Crippen LogP contribution in [0.5, 0.6) is 0 Å². The van der Waals surface area contributed by atoms with E-state index in [-0.39, 0.29) is 20.6 Å². The molecule has 0 spiro atoms. The van der Waals surface area contributed by atoms with E-state index in [9.17, 15) is 13.2 Å². The van der Waals surface area contributed by atoms with Gasteiger partial charge >= 0.3 is 0 Å². The highest BCUT2D eigenvalue weighted by molar-refractivity contribution is 7.85. The third kappa shape index (κ3) is 2.79. The molecule has 0 amide bonds. The van der Waals surface area contributed by atoms with Crippen molar-refractivity contribution in [3.8, 4) is 5.69 Å². The molecular weight excluding hydrogens is 315 g/mol. The van der Waals surface area contributed by atoms with E-state index in [4.69, 9.17) is 27.8 Å². The molecule has 0 bridgehead atoms. The molecule has 1 heterocycles. The summed E-state index contributed by atoms with van der Waals surface area (Å²) in [6.07, 6.45) is 1.20. The van der Waals surface area contributed by atoms with Crippen LogP contribution in [-0.2, 0) is 10.1 Å². The van der Waals surface area contributed by atoms with Crippen molar-refractivity contribution in [1.82, 2.24) is 9.78 Å². The van der Waals surface area contributed by atoms with Crippen molar-refractivity contribution in [2.75, 3.05) is 0 Å². The Hall–Kier alpha value is -1.41. The minimum absolute atomic E-state index is 0.0254. The smallest absolute Gasteiger partial charge is 0.282 e. The Bertz CT molecular complexity index is 784. The summed E-state index contributed by atoms with van der Waals surface area (Å²) < 4.78 is 31.6. The van der Waals surface area contributed by atoms with E-state index < -0.39 is 15.7 Å². The minimum Gasteiger partial charge on any atom is -0.282 e. The van der Waals surface area contributed by atoms with E-state index in [1.807, 2.05) is 0 Å². The zero-order valence-electron chi connectivity index (χ0n) is 9.12. The van der Waals surface area contributed by atoms with Gasteiger partial charge in [0.25, 0.3) is 15.7 Å². The van der Waals surface area contributed by atoms with E-state index in [0.29, 0.717) is 0 Å². The van der Waals surface area contributed by atoms with Gasteiger partial charge in [-0.05, 0) is 24.3 Å². The van der Waals surface area contributed by atoms with Gasteiger partial charge in [0.1, 0.15) is 5.02 Å². The van der Waals surface area contributed by atoms with Crippen molar-refractivity contribution in [2.24, 2.45) is 0 Å². The van der Waals surface area contributed by atoms with E-state index in [0.717, 1.165) is 16.8 Å². The summed E-state index contributed by atoms with van der Waals surface area (Å²) in [5.41, 5.74) is -0.343. The molecule has 0 radical (unpaired) electrons. The van der Waals surface area contributed by atoms with Gasteiger partial charge in [-0.25, -0.2) is 0 Å². The van der Waals surface area contributed by atoms with E-state index >= 15 is 0 Å². The van der Waals surface area contributed by atoms with Crippen LogP contribution in [0.15, 0.2) is 40.2 Å². The van der Waals surface area contributed by atoms with Crippen LogP contribution in [0.25, 0.3) is 5.69 Å². The fourth-order valence-electron chi connectivity index (χ4n) is 1.36. The third-order valence-corrected chi connectivity index (χ3v) is 3.87. The summed E-state index contributed by atoms with van der Waals surface area (Å²) in [6.45, 7) is 0. The number of benzene rings is 1. The zero-order chi connectivity index (χ0) is 14.2. The molecular formula is C10H6Cl2N2O4S. The molecule has 9 heteroatoms. The molecule has 0 fully saturated rings. The second kappa shape index (κ2) is 4.93. The van der Waals surface area contributed by atoms with Crippen LogP contribution in [0.4, 0.5) is 0 Å². The molecule has 6 nitrogen and oxygen atoms in total. The zero-order valence-corrected chi connectivity index (χ0v) is 11.4. The molecule has 19 heavy (non-hydrogen) atoms. The number of hydrogen-bond donors (Lipinski definition) is 1. The first-order chi connectivity index (χ1) is 8.80. The summed E-state index contributed by atoms with van der Waals surface area (Å²) in [5, 5.41) is 3.62. The lowest BCUT2D eigenvalue weighted by Crippen LogP contribution is -2.21. The number of aromatic nitrogens is 2. The topological polar surface area (TPSA) is 89.3 Å². The van der Waals surface area contributed by atoms with Crippen LogP contribution >= 0.6 is 23.2 Å². The minimum atomic E-state index is -4.28. The summed E-state index contributed by atoms with van der Waals surface area (Å²) >= 11 is 11.3. The van der Waals surface area contributed by atoms with Gasteiger partial charge in [0.05, 0.1) is 21.8 Å². The second-order valence-electron chi connectivity index (χ2n) is 3.49. The monoisotopic (exact) mass is 320 g/mol. The summed E-state index contributed by atoms with van der Waals surface area (Å²) in [4.78, 5) is 11.5. The molecule has 2 aromatic rings. The molecule has 0 aliphatic carbocycles. The van der Waals surface area contributed by atoms with Crippen LogP contribution < -0.4 is 5.56 Å². The van der Waals surface area contributed by atoms with Crippen molar-refractivity contribution in [2.45, 2.75) is 4.90 Å². The highest BCUT2D eigenvalue weighted by Gasteiger charge is 2.12. The lowest BCUT2D eigenvalue weighted by molar-refractivity contribution is 0.483. The second-order valence-corrected chi connectivity index (χ2v) is 5.70. The summed E-state index contributed by atoms with van der Waals surface area (Å²) in [6, 6.07) is 4.89. The predicted octanol–water partition coefficient (Wildman–Crippen LogP) is 1.79. The van der Waals surface area contributed by atoms with Gasteiger partial charge < -0.3 is 0 Å². The molecule has 0 atom stereocenters. The normalized spacial score (nSPS) is 11.5. The van der Waals surface area contributed by atoms with Crippen molar-refractivity contribution in [3.63, 3.8) is 0 Å². The lowest BCUT2D eigenvalue weighted by Gasteiger charge is -2.05. The molecule has 0 saturated carbocycles. The van der Waals surface area contributed by atoms with Crippen molar-refractivity contribution >= 4 is 33.3 Å². The van der Waals surface area contributed by atoms with Gasteiger partial charge in [-0.15, -0.1) is 0 Å². The van der Waals surface area contributed by atoms with Gasteiger partial charge in [0.15, 0.2) is 0 Å². The van der Waals surface area contributed by atoms with Crippen LogP contribution in [0.3, 0.4) is 0 Å². The summed E-state index contributed by atoms with van der Waals surface area (Å²) in [5.74, 6) is 0. The van der Waals surface area contributed by atoms with Gasteiger partial charge in [-0.3, -0.25) is 9.35 Å². The molecule has 0 saturated heterocycles. The van der Waals surface area contributed by atoms with E-state index in [1.54, 1.807) is 0 Å². The molecule has 0 unspecified atom stereocenters. The SMILES string of the molecule is O=c1c(Cl)c(Cl)cnn1-c1ccc(S(=O)(=O)O)cc1. The predicted molar refractivity (Wildman–Crippen MR) is 69.7 cm³/mol. The van der Waals surface area contributed by atoms with Crippen LogP contribution in [0.2, 0.25) is 10.0 Å². The van der Waals surface area contributed by atoms with Gasteiger partial charge in [0, 0.05) is 0 Å². The Kier molecular flexibility index (Phi) is 3.64. The first-order valence-corrected chi connectivity index (χ1v) is 7.01. The summed E-state index contributed by atoms with van der Waals surface area (Å²) in [7, 11) is -4.28. The molecule has 2 rings (SSSR count).